The maximum Gasteiger partial charge on any atom is 0.223 e. The van der Waals surface area contributed by atoms with Crippen LogP contribution < -0.4 is 4.73 Å². The summed E-state index contributed by atoms with van der Waals surface area (Å²) in [5, 5.41) is 12.3. The van der Waals surface area contributed by atoms with Gasteiger partial charge >= 0.3 is 0 Å². The maximum atomic E-state index is 11.3. The first-order valence-electron chi connectivity index (χ1n) is 3.98. The Morgan fingerprint density at radius 1 is 1.31 bits per heavy atom. The van der Waals surface area contributed by atoms with Crippen molar-refractivity contribution in [2.24, 2.45) is 0 Å². The van der Waals surface area contributed by atoms with Crippen LogP contribution in [-0.4, -0.2) is 0 Å². The molecule has 2 rings (SSSR count). The van der Waals surface area contributed by atoms with E-state index in [4.69, 9.17) is 0 Å². The molecule has 0 radical (unpaired) electrons. The molecule has 0 fully saturated rings. The number of fused-ring (bicyclic) bond motifs is 1. The van der Waals surface area contributed by atoms with Crippen molar-refractivity contribution in [3.05, 3.63) is 47.3 Å². The second-order valence-corrected chi connectivity index (χ2v) is 3.62. The minimum Gasteiger partial charge on any atom is -0.618 e. The van der Waals surface area contributed by atoms with Crippen molar-refractivity contribution in [1.29, 1.82) is 0 Å². The molecule has 0 bridgehead atoms. The molecule has 0 spiro atoms. The quantitative estimate of drug-likeness (QED) is 0.342. The van der Waals surface area contributed by atoms with Gasteiger partial charge in [0.15, 0.2) is 6.20 Å². The number of nitrogens with zero attached hydrogens (tertiary/aromatic N) is 1. The monoisotopic (exact) mass is 285 g/mol. The van der Waals surface area contributed by atoms with Gasteiger partial charge in [0.05, 0.1) is 0 Å². The Morgan fingerprint density at radius 3 is 2.92 bits per heavy atom. The van der Waals surface area contributed by atoms with Crippen molar-refractivity contribution in [1.82, 2.24) is 0 Å². The van der Waals surface area contributed by atoms with Crippen molar-refractivity contribution in [3.63, 3.8) is 0 Å². The fourth-order valence-corrected chi connectivity index (χ4v) is 1.80. The van der Waals surface area contributed by atoms with Crippen LogP contribution in [0.3, 0.4) is 0 Å². The van der Waals surface area contributed by atoms with E-state index in [1.165, 1.54) is 11.8 Å². The number of hydrogen-bond donors (Lipinski definition) is 0. The summed E-state index contributed by atoms with van der Waals surface area (Å²) in [5.74, 6) is 0. The molecule has 13 heavy (non-hydrogen) atoms. The summed E-state index contributed by atoms with van der Waals surface area (Å²) >= 11 is 2.31. The van der Waals surface area contributed by atoms with Gasteiger partial charge < -0.3 is 5.21 Å². The van der Waals surface area contributed by atoms with Crippen LogP contribution in [0.15, 0.2) is 36.5 Å². The van der Waals surface area contributed by atoms with E-state index in [9.17, 15) is 5.21 Å². The summed E-state index contributed by atoms with van der Waals surface area (Å²) < 4.78 is 1.87. The molecule has 2 aromatic rings. The lowest BCUT2D eigenvalue weighted by molar-refractivity contribution is -0.577. The molecule has 2 nitrogen and oxygen atoms in total. The van der Waals surface area contributed by atoms with Gasteiger partial charge in [0.1, 0.15) is 0 Å². The summed E-state index contributed by atoms with van der Waals surface area (Å²) in [4.78, 5) is 0. The highest BCUT2D eigenvalue weighted by Gasteiger charge is 2.02. The molecule has 0 aliphatic carbocycles. The summed E-state index contributed by atoms with van der Waals surface area (Å²) in [5.41, 5.74) is 1.98. The third kappa shape index (κ3) is 1.60. The van der Waals surface area contributed by atoms with E-state index >= 15 is 0 Å². The Balaban J connectivity index is 2.72. The summed E-state index contributed by atoms with van der Waals surface area (Å²) in [6.07, 6.45) is 1.52. The van der Waals surface area contributed by atoms with Gasteiger partial charge in [-0.2, -0.15) is 4.73 Å². The average Bonchev–Trinajstić information content (AvgIpc) is 2.18. The minimum atomic E-state index is 0.733. The molecule has 0 amide bonds. The number of aromatic nitrogens is 1. The van der Waals surface area contributed by atoms with Crippen LogP contribution in [0.2, 0.25) is 0 Å². The van der Waals surface area contributed by atoms with Crippen LogP contribution in [0, 0.1) is 5.21 Å². The molecular formula is C10H8INO. The Hall–Kier alpha value is -0.840. The van der Waals surface area contributed by atoms with Gasteiger partial charge in [-0.3, -0.25) is 0 Å². The summed E-state index contributed by atoms with van der Waals surface area (Å²) in [6.45, 7) is 0. The van der Waals surface area contributed by atoms with Gasteiger partial charge in [-0.15, -0.1) is 0 Å². The Kier molecular flexibility index (Phi) is 2.35. The SMILES string of the molecule is [O-][n+]1cccc2cc(CI)ccc21. The van der Waals surface area contributed by atoms with Crippen molar-refractivity contribution in [3.8, 4) is 0 Å². The fraction of sp³-hybridized carbons (Fsp3) is 0.100. The molecule has 1 heterocycles. The zero-order valence-corrected chi connectivity index (χ0v) is 9.06. The lowest BCUT2D eigenvalue weighted by atomic mass is 10.1. The van der Waals surface area contributed by atoms with E-state index in [1.54, 1.807) is 6.07 Å². The molecule has 1 aromatic heterocycles. The number of alkyl halides is 1. The lowest BCUT2D eigenvalue weighted by Crippen LogP contribution is -2.25. The summed E-state index contributed by atoms with van der Waals surface area (Å²) in [7, 11) is 0. The van der Waals surface area contributed by atoms with Crippen LogP contribution in [0.5, 0.6) is 0 Å². The zero-order chi connectivity index (χ0) is 9.26. The Labute approximate surface area is 89.9 Å². The first-order valence-corrected chi connectivity index (χ1v) is 5.50. The Morgan fingerprint density at radius 2 is 2.15 bits per heavy atom. The minimum absolute atomic E-state index is 0.733. The van der Waals surface area contributed by atoms with Crippen LogP contribution in [0.4, 0.5) is 0 Å². The molecule has 1 aromatic carbocycles. The van der Waals surface area contributed by atoms with Gasteiger partial charge in [-0.1, -0.05) is 28.7 Å². The maximum absolute atomic E-state index is 11.3. The average molecular weight is 285 g/mol. The molecular weight excluding hydrogens is 277 g/mol. The van der Waals surface area contributed by atoms with Crippen molar-refractivity contribution in [2.45, 2.75) is 4.43 Å². The first kappa shape index (κ1) is 8.74. The molecule has 3 heteroatoms. The van der Waals surface area contributed by atoms with Gasteiger partial charge in [0.2, 0.25) is 5.52 Å². The van der Waals surface area contributed by atoms with Gasteiger partial charge in [0, 0.05) is 21.9 Å². The predicted octanol–water partition coefficient (Wildman–Crippen LogP) is 2.41. The molecule has 0 N–H and O–H groups in total. The number of rotatable bonds is 1. The predicted molar refractivity (Wildman–Crippen MR) is 60.6 cm³/mol. The standard InChI is InChI=1S/C10H8INO/c11-7-8-3-4-10-9(6-8)2-1-5-12(10)13/h1-6H,7H2. The summed E-state index contributed by atoms with van der Waals surface area (Å²) in [6, 6.07) is 9.64. The van der Waals surface area contributed by atoms with Crippen LogP contribution in [0.1, 0.15) is 5.56 Å². The lowest BCUT2D eigenvalue weighted by Gasteiger charge is -2.01. The number of benzene rings is 1. The largest absolute Gasteiger partial charge is 0.618 e. The highest BCUT2D eigenvalue weighted by Crippen LogP contribution is 2.14. The van der Waals surface area contributed by atoms with Crippen LogP contribution in [0.25, 0.3) is 10.9 Å². The van der Waals surface area contributed by atoms with E-state index < -0.39 is 0 Å². The molecule has 66 valence electrons. The normalized spacial score (nSPS) is 10.5. The van der Waals surface area contributed by atoms with Crippen LogP contribution >= 0.6 is 22.6 Å². The molecule has 0 saturated carbocycles. The second kappa shape index (κ2) is 3.49. The van der Waals surface area contributed by atoms with Gasteiger partial charge in [-0.05, 0) is 17.7 Å². The number of hydrogen-bond acceptors (Lipinski definition) is 1. The molecule has 0 unspecified atom stereocenters. The smallest absolute Gasteiger partial charge is 0.223 e. The molecule has 0 aliphatic rings. The van der Waals surface area contributed by atoms with E-state index in [1.807, 2.05) is 18.2 Å². The van der Waals surface area contributed by atoms with Crippen molar-refractivity contribution < 1.29 is 4.73 Å². The third-order valence-electron chi connectivity index (χ3n) is 1.98. The zero-order valence-electron chi connectivity index (χ0n) is 6.90. The highest BCUT2D eigenvalue weighted by molar-refractivity contribution is 14.1. The van der Waals surface area contributed by atoms with Crippen molar-refractivity contribution in [2.75, 3.05) is 0 Å². The molecule has 0 atom stereocenters. The first-order chi connectivity index (χ1) is 6.31. The van der Waals surface area contributed by atoms with E-state index in [0.29, 0.717) is 0 Å². The second-order valence-electron chi connectivity index (χ2n) is 2.86. The van der Waals surface area contributed by atoms with E-state index in [2.05, 4.69) is 28.7 Å². The van der Waals surface area contributed by atoms with E-state index in [0.717, 1.165) is 20.1 Å². The van der Waals surface area contributed by atoms with Crippen LogP contribution in [-0.2, 0) is 4.43 Å². The Bertz CT molecular complexity index is 442. The molecule has 0 saturated heterocycles. The van der Waals surface area contributed by atoms with Gasteiger partial charge in [0.25, 0.3) is 0 Å². The number of pyridine rings is 1. The fourth-order valence-electron chi connectivity index (χ4n) is 1.33. The van der Waals surface area contributed by atoms with Gasteiger partial charge in [-0.25, -0.2) is 0 Å². The molecule has 0 aliphatic heterocycles. The number of halogens is 1. The third-order valence-corrected chi connectivity index (χ3v) is 2.86. The topological polar surface area (TPSA) is 26.9 Å². The van der Waals surface area contributed by atoms with E-state index in [-0.39, 0.29) is 0 Å². The van der Waals surface area contributed by atoms with Crippen molar-refractivity contribution >= 4 is 33.5 Å². The highest BCUT2D eigenvalue weighted by atomic mass is 127.